The first-order valence-electron chi connectivity index (χ1n) is 5.45. The van der Waals surface area contributed by atoms with E-state index >= 15 is 0 Å². The lowest BCUT2D eigenvalue weighted by molar-refractivity contribution is -0.385. The van der Waals surface area contributed by atoms with Gasteiger partial charge in [0.05, 0.1) is 11.1 Å². The van der Waals surface area contributed by atoms with Crippen LogP contribution < -0.4 is 4.84 Å². The summed E-state index contributed by atoms with van der Waals surface area (Å²) in [4.78, 5) is 20.6. The summed E-state index contributed by atoms with van der Waals surface area (Å²) in [5.41, 5.74) is 0.709. The minimum Gasteiger partial charge on any atom is -0.337 e. The van der Waals surface area contributed by atoms with Gasteiger partial charge in [-0.25, -0.2) is 4.98 Å². The van der Waals surface area contributed by atoms with E-state index in [0.717, 1.165) is 17.1 Å². The normalized spacial score (nSPS) is 10.5. The van der Waals surface area contributed by atoms with Gasteiger partial charge in [-0.1, -0.05) is 23.0 Å². The van der Waals surface area contributed by atoms with Gasteiger partial charge in [-0.2, -0.15) is 0 Å². The Morgan fingerprint density at radius 3 is 2.74 bits per heavy atom. The Hall–Kier alpha value is -2.96. The topological polar surface area (TPSA) is 83.1 Å². The number of nitrogens with zero attached hydrogens (tertiary/aromatic N) is 4. The Labute approximate surface area is 107 Å². The van der Waals surface area contributed by atoms with Gasteiger partial charge in [0.1, 0.15) is 11.7 Å². The zero-order chi connectivity index (χ0) is 13.2. The number of nitro groups is 1. The highest BCUT2D eigenvalue weighted by molar-refractivity contribution is 5.77. The molecule has 0 atom stereocenters. The van der Waals surface area contributed by atoms with E-state index in [4.69, 9.17) is 4.84 Å². The van der Waals surface area contributed by atoms with E-state index in [1.807, 2.05) is 24.3 Å². The zero-order valence-electron chi connectivity index (χ0n) is 9.63. The lowest BCUT2D eigenvalue weighted by atomic mass is 10.3. The molecule has 0 fully saturated rings. The van der Waals surface area contributed by atoms with Crippen molar-refractivity contribution in [2.45, 2.75) is 0 Å². The fraction of sp³-hybridized carbons (Fsp3) is 0. The molecule has 0 aliphatic rings. The second-order valence-corrected chi connectivity index (χ2v) is 3.78. The van der Waals surface area contributed by atoms with Gasteiger partial charge >= 0.3 is 0 Å². The Morgan fingerprint density at radius 2 is 2.00 bits per heavy atom. The first kappa shape index (κ1) is 11.1. The van der Waals surface area contributed by atoms with Gasteiger partial charge in [0, 0.05) is 17.5 Å². The fourth-order valence-corrected chi connectivity index (χ4v) is 1.64. The van der Waals surface area contributed by atoms with Gasteiger partial charge in [-0.15, -0.1) is 5.10 Å². The van der Waals surface area contributed by atoms with E-state index < -0.39 is 4.92 Å². The van der Waals surface area contributed by atoms with Gasteiger partial charge in [-0.3, -0.25) is 10.1 Å². The Bertz CT molecular complexity index is 736. The average molecular weight is 256 g/mol. The predicted octanol–water partition coefficient (Wildman–Crippen LogP) is 2.18. The quantitative estimate of drug-likeness (QED) is 0.529. The van der Waals surface area contributed by atoms with Crippen molar-refractivity contribution in [1.82, 2.24) is 14.9 Å². The van der Waals surface area contributed by atoms with Crippen molar-refractivity contribution >= 4 is 16.6 Å². The molecule has 0 bridgehead atoms. The van der Waals surface area contributed by atoms with Crippen LogP contribution in [0.1, 0.15) is 0 Å². The smallest absolute Gasteiger partial charge is 0.287 e. The lowest BCUT2D eigenvalue weighted by Crippen LogP contribution is -2.07. The Kier molecular flexibility index (Phi) is 2.57. The first-order valence-corrected chi connectivity index (χ1v) is 5.45. The van der Waals surface area contributed by atoms with E-state index in [1.54, 1.807) is 6.20 Å². The van der Waals surface area contributed by atoms with E-state index in [-0.39, 0.29) is 11.6 Å². The van der Waals surface area contributed by atoms with Crippen molar-refractivity contribution in [3.63, 3.8) is 0 Å². The molecular formula is C12H8N4O3. The highest BCUT2D eigenvalue weighted by atomic mass is 16.7. The molecule has 0 amide bonds. The van der Waals surface area contributed by atoms with Crippen LogP contribution in [0.5, 0.6) is 5.88 Å². The molecular weight excluding hydrogens is 248 g/mol. The molecule has 94 valence electrons. The van der Waals surface area contributed by atoms with Crippen molar-refractivity contribution < 1.29 is 9.76 Å². The maximum Gasteiger partial charge on any atom is 0.287 e. The van der Waals surface area contributed by atoms with Crippen molar-refractivity contribution in [1.29, 1.82) is 0 Å². The number of aromatic nitrogens is 3. The molecule has 19 heavy (non-hydrogen) atoms. The third-order valence-electron chi connectivity index (χ3n) is 2.56. The van der Waals surface area contributed by atoms with Crippen LogP contribution in [0.3, 0.4) is 0 Å². The second-order valence-electron chi connectivity index (χ2n) is 3.78. The molecule has 2 heterocycles. The molecule has 3 rings (SSSR count). The molecule has 0 N–H and O–H groups in total. The SMILES string of the molecule is O=[N+]([O-])c1ccc(On2ncc3ccccc32)nc1. The molecule has 2 aromatic heterocycles. The summed E-state index contributed by atoms with van der Waals surface area (Å²) < 4.78 is 0. The average Bonchev–Trinajstić information content (AvgIpc) is 2.83. The van der Waals surface area contributed by atoms with E-state index in [0.29, 0.717) is 0 Å². The Morgan fingerprint density at radius 1 is 1.16 bits per heavy atom. The highest BCUT2D eigenvalue weighted by Crippen LogP contribution is 2.16. The monoisotopic (exact) mass is 256 g/mol. The summed E-state index contributed by atoms with van der Waals surface area (Å²) in [6.45, 7) is 0. The molecule has 0 radical (unpaired) electrons. The van der Waals surface area contributed by atoms with Gasteiger partial charge in [0.15, 0.2) is 0 Å². The van der Waals surface area contributed by atoms with E-state index in [2.05, 4.69) is 10.1 Å². The van der Waals surface area contributed by atoms with Gasteiger partial charge in [-0.05, 0) is 6.07 Å². The number of fused-ring (bicyclic) bond motifs is 1. The zero-order valence-corrected chi connectivity index (χ0v) is 9.63. The molecule has 0 aliphatic heterocycles. The fourth-order valence-electron chi connectivity index (χ4n) is 1.64. The summed E-state index contributed by atoms with van der Waals surface area (Å²) in [5.74, 6) is 0.236. The van der Waals surface area contributed by atoms with Crippen molar-refractivity contribution in [2.75, 3.05) is 0 Å². The van der Waals surface area contributed by atoms with Gasteiger partial charge in [0.2, 0.25) is 5.88 Å². The molecule has 0 saturated carbocycles. The van der Waals surface area contributed by atoms with Crippen LogP contribution >= 0.6 is 0 Å². The third-order valence-corrected chi connectivity index (χ3v) is 2.56. The third kappa shape index (κ3) is 2.08. The summed E-state index contributed by atoms with van der Waals surface area (Å²) in [7, 11) is 0. The van der Waals surface area contributed by atoms with Crippen molar-refractivity contribution in [3.05, 3.63) is 58.9 Å². The largest absolute Gasteiger partial charge is 0.337 e. The van der Waals surface area contributed by atoms with Crippen LogP contribution in [0.15, 0.2) is 48.8 Å². The molecule has 0 unspecified atom stereocenters. The second kappa shape index (κ2) is 4.37. The lowest BCUT2D eigenvalue weighted by Gasteiger charge is -2.03. The van der Waals surface area contributed by atoms with Crippen LogP contribution in [0.4, 0.5) is 5.69 Å². The predicted molar refractivity (Wildman–Crippen MR) is 66.7 cm³/mol. The maximum atomic E-state index is 10.5. The molecule has 0 aliphatic carbocycles. The summed E-state index contributed by atoms with van der Waals surface area (Å²) in [6.07, 6.45) is 2.81. The van der Waals surface area contributed by atoms with Gasteiger partial charge < -0.3 is 4.84 Å². The molecule has 3 aromatic rings. The van der Waals surface area contributed by atoms with Crippen molar-refractivity contribution in [2.24, 2.45) is 0 Å². The highest BCUT2D eigenvalue weighted by Gasteiger charge is 2.08. The molecule has 7 nitrogen and oxygen atoms in total. The Balaban J connectivity index is 1.90. The summed E-state index contributed by atoms with van der Waals surface area (Å²) in [5, 5.41) is 15.5. The summed E-state index contributed by atoms with van der Waals surface area (Å²) in [6, 6.07) is 10.3. The number of hydrogen-bond donors (Lipinski definition) is 0. The van der Waals surface area contributed by atoms with Crippen molar-refractivity contribution in [3.8, 4) is 5.88 Å². The number of pyridine rings is 1. The van der Waals surface area contributed by atoms with Crippen LogP contribution in [-0.2, 0) is 0 Å². The molecule has 0 saturated heterocycles. The van der Waals surface area contributed by atoms with Crippen LogP contribution in [0, 0.1) is 10.1 Å². The standard InChI is InChI=1S/C12H8N4O3/c17-16(18)10-5-6-12(13-8-10)19-15-11-4-2-1-3-9(11)7-14-15/h1-8H. The molecule has 1 aromatic carbocycles. The van der Waals surface area contributed by atoms with E-state index in [1.165, 1.54) is 17.0 Å². The number of benzene rings is 1. The van der Waals surface area contributed by atoms with Gasteiger partial charge in [0.25, 0.3) is 5.69 Å². The van der Waals surface area contributed by atoms with Crippen LogP contribution in [-0.4, -0.2) is 19.9 Å². The van der Waals surface area contributed by atoms with Crippen LogP contribution in [0.2, 0.25) is 0 Å². The minimum atomic E-state index is -0.514. The summed E-state index contributed by atoms with van der Waals surface area (Å²) >= 11 is 0. The first-order chi connectivity index (χ1) is 9.24. The number of hydrogen-bond acceptors (Lipinski definition) is 5. The van der Waals surface area contributed by atoms with Crippen LogP contribution in [0.25, 0.3) is 10.9 Å². The maximum absolute atomic E-state index is 10.5. The molecule has 7 heteroatoms. The van der Waals surface area contributed by atoms with E-state index in [9.17, 15) is 10.1 Å². The molecule has 0 spiro atoms. The number of para-hydroxylation sites is 1. The number of rotatable bonds is 3. The minimum absolute atomic E-state index is 0.0855.